The van der Waals surface area contributed by atoms with Crippen LogP contribution in [-0.2, 0) is 28.8 Å². The summed E-state index contributed by atoms with van der Waals surface area (Å²) < 4.78 is 0. The molecular formula is C54H95N3O9. The second-order valence-electron chi connectivity index (χ2n) is 19.1. The van der Waals surface area contributed by atoms with E-state index in [-0.39, 0.29) is 36.7 Å². The average Bonchev–Trinajstić information content (AvgIpc) is 3.28. The maximum atomic E-state index is 14.0. The zero-order valence-electron chi connectivity index (χ0n) is 41.9. The molecule has 12 nitrogen and oxygen atoms in total. The highest BCUT2D eigenvalue weighted by Gasteiger charge is 2.49. The number of nitrogens with zero attached hydrogens (tertiary/aromatic N) is 1. The normalized spacial score (nSPS) is 17.4. The number of carbonyl (C=O) groups excluding carboxylic acids is 3. The molecule has 12 heteroatoms. The van der Waals surface area contributed by atoms with Gasteiger partial charge in [-0.25, -0.2) is 0 Å². The Hall–Kier alpha value is -3.70. The Balaban J connectivity index is 2.45. The maximum absolute atomic E-state index is 14.0. The lowest BCUT2D eigenvalue weighted by Crippen LogP contribution is -2.49. The van der Waals surface area contributed by atoms with E-state index in [2.05, 4.69) is 41.9 Å². The number of aliphatic carboxylic acids is 3. The first kappa shape index (κ1) is 60.3. The molecule has 1 saturated carbocycles. The van der Waals surface area contributed by atoms with Crippen LogP contribution in [0.5, 0.6) is 0 Å². The third-order valence-electron chi connectivity index (χ3n) is 13.2. The van der Waals surface area contributed by atoms with Gasteiger partial charge in [-0.05, 0) is 103 Å². The van der Waals surface area contributed by atoms with Crippen LogP contribution in [0.3, 0.4) is 0 Å². The van der Waals surface area contributed by atoms with Gasteiger partial charge < -0.3 is 30.9 Å². The van der Waals surface area contributed by atoms with Crippen molar-refractivity contribution in [3.63, 3.8) is 0 Å². The maximum Gasteiger partial charge on any atom is 0.307 e. The Morgan fingerprint density at radius 3 is 1.12 bits per heavy atom. The van der Waals surface area contributed by atoms with Crippen LogP contribution in [0.4, 0.5) is 0 Å². The van der Waals surface area contributed by atoms with Crippen LogP contribution >= 0.6 is 0 Å². The zero-order chi connectivity index (χ0) is 48.6. The van der Waals surface area contributed by atoms with Crippen molar-refractivity contribution in [2.75, 3.05) is 13.1 Å². The molecule has 5 N–H and O–H groups in total. The van der Waals surface area contributed by atoms with E-state index in [1.807, 2.05) is 13.8 Å². The Kier molecular flexibility index (Phi) is 36.9. The molecule has 0 aromatic carbocycles. The Bertz CT molecular complexity index is 1360. The van der Waals surface area contributed by atoms with E-state index in [1.54, 1.807) is 4.90 Å². The van der Waals surface area contributed by atoms with Gasteiger partial charge in [-0.2, -0.15) is 0 Å². The van der Waals surface area contributed by atoms with Crippen LogP contribution in [0.15, 0.2) is 24.3 Å². The second kappa shape index (κ2) is 40.4. The highest BCUT2D eigenvalue weighted by Crippen LogP contribution is 2.40. The van der Waals surface area contributed by atoms with Crippen molar-refractivity contribution >= 4 is 35.6 Å². The fraction of sp³-hybridized carbons (Fsp3) is 0.815. The molecular weight excluding hydrogens is 835 g/mol. The van der Waals surface area contributed by atoms with Gasteiger partial charge in [-0.1, -0.05) is 148 Å². The number of carboxylic acids is 3. The smallest absolute Gasteiger partial charge is 0.307 e. The van der Waals surface area contributed by atoms with Gasteiger partial charge in [0.05, 0.1) is 23.7 Å². The largest absolute Gasteiger partial charge is 0.481 e. The van der Waals surface area contributed by atoms with E-state index in [4.69, 9.17) is 0 Å². The molecule has 66 heavy (non-hydrogen) atoms. The van der Waals surface area contributed by atoms with Gasteiger partial charge in [0.2, 0.25) is 17.7 Å². The average molecular weight is 930 g/mol. The molecule has 1 fully saturated rings. The number of rotatable bonds is 43. The number of carboxylic acid groups (broad SMARTS) is 3. The topological polar surface area (TPSA) is 190 Å². The Labute approximate surface area is 400 Å². The third kappa shape index (κ3) is 29.8. The fourth-order valence-electron chi connectivity index (χ4n) is 9.23. The van der Waals surface area contributed by atoms with Gasteiger partial charge in [0.1, 0.15) is 6.17 Å². The molecule has 1 aliphatic rings. The van der Waals surface area contributed by atoms with Crippen molar-refractivity contribution < 1.29 is 44.1 Å². The molecule has 4 unspecified atom stereocenters. The van der Waals surface area contributed by atoms with E-state index in [0.717, 1.165) is 135 Å². The summed E-state index contributed by atoms with van der Waals surface area (Å²) in [5.41, 5.74) is 0. The first-order chi connectivity index (χ1) is 32.0. The number of unbranched alkanes of at least 4 members (excludes halogenated alkanes) is 23. The number of hydrogen-bond donors (Lipinski definition) is 5. The van der Waals surface area contributed by atoms with Gasteiger partial charge in [-0.3, -0.25) is 28.8 Å². The van der Waals surface area contributed by atoms with E-state index in [0.29, 0.717) is 25.9 Å². The van der Waals surface area contributed by atoms with Gasteiger partial charge in [0.15, 0.2) is 0 Å². The molecule has 0 aromatic heterocycles. The lowest BCUT2D eigenvalue weighted by Gasteiger charge is -2.38. The molecule has 380 valence electrons. The quantitative estimate of drug-likeness (QED) is 0.0225. The summed E-state index contributed by atoms with van der Waals surface area (Å²) in [5, 5.41) is 35.5. The minimum absolute atomic E-state index is 0.0103. The van der Waals surface area contributed by atoms with Gasteiger partial charge in [-0.15, -0.1) is 0 Å². The summed E-state index contributed by atoms with van der Waals surface area (Å²) in [5.74, 6) is -9.14. The molecule has 4 atom stereocenters. The van der Waals surface area contributed by atoms with E-state index >= 15 is 0 Å². The molecule has 0 spiro atoms. The van der Waals surface area contributed by atoms with Crippen LogP contribution in [0.25, 0.3) is 0 Å². The predicted molar refractivity (Wildman–Crippen MR) is 266 cm³/mol. The van der Waals surface area contributed by atoms with Crippen molar-refractivity contribution in [1.29, 1.82) is 0 Å². The summed E-state index contributed by atoms with van der Waals surface area (Å²) in [6, 6.07) is 0. The number of allylic oxidation sites excluding steroid dienone is 4. The summed E-state index contributed by atoms with van der Waals surface area (Å²) in [4.78, 5) is 76.3. The molecule has 1 aliphatic carbocycles. The third-order valence-corrected chi connectivity index (χ3v) is 13.2. The predicted octanol–water partition coefficient (Wildman–Crippen LogP) is 12.5. The fourth-order valence-corrected chi connectivity index (χ4v) is 9.23. The monoisotopic (exact) mass is 930 g/mol. The second-order valence-corrected chi connectivity index (χ2v) is 19.1. The lowest BCUT2D eigenvalue weighted by atomic mass is 9.67. The summed E-state index contributed by atoms with van der Waals surface area (Å²) in [6.45, 7) is 7.18. The highest BCUT2D eigenvalue weighted by atomic mass is 16.4. The Morgan fingerprint density at radius 2 is 0.758 bits per heavy atom. The number of amides is 3. The zero-order valence-corrected chi connectivity index (χ0v) is 41.9. The summed E-state index contributed by atoms with van der Waals surface area (Å²) in [6.07, 6.45) is 41.8. The first-order valence-electron chi connectivity index (χ1n) is 26.8. The van der Waals surface area contributed by atoms with Crippen molar-refractivity contribution in [3.8, 4) is 0 Å². The van der Waals surface area contributed by atoms with Crippen LogP contribution in [0.1, 0.15) is 239 Å². The molecule has 0 aliphatic heterocycles. The minimum Gasteiger partial charge on any atom is -0.481 e. The van der Waals surface area contributed by atoms with E-state index in [9.17, 15) is 44.1 Å². The molecule has 0 heterocycles. The van der Waals surface area contributed by atoms with Gasteiger partial charge >= 0.3 is 17.9 Å². The SMILES string of the molecule is CCCCCCCC/C=C\CCCCCCCCN(CCCCCCCC/C=C\CCCCCCCC(NC(=O)CCC)NC(=O)CCC)C(=O)C1CC(C(=O)O)C(C(=O)O)CC1C(=O)O. The van der Waals surface area contributed by atoms with E-state index in [1.165, 1.54) is 57.8 Å². The standard InChI is InChI=1S/C54H95N3O9/c1-4-7-8-9-10-11-12-13-14-17-20-23-26-29-32-35-40-57(51(60)44-42-46(53(63)64)47(54(65)66)43-45(44)52(61)62)41-36-33-30-27-24-21-18-15-16-19-22-25-28-31-34-39-48(55-49(58)37-5-2)56-50(59)38-6-3/h13-16,44-48H,4-12,17-43H2,1-3H3,(H,55,58)(H,56,59)(H,61,62)(H,63,64)(H,65,66)/b14-13-,16-15-. The van der Waals surface area contributed by atoms with Crippen molar-refractivity contribution in [3.05, 3.63) is 24.3 Å². The number of nitrogens with one attached hydrogen (secondary N) is 2. The van der Waals surface area contributed by atoms with Crippen LogP contribution in [-0.4, -0.2) is 75.1 Å². The van der Waals surface area contributed by atoms with Crippen molar-refractivity contribution in [2.24, 2.45) is 23.7 Å². The Morgan fingerprint density at radius 1 is 0.439 bits per heavy atom. The summed E-state index contributed by atoms with van der Waals surface area (Å²) >= 11 is 0. The van der Waals surface area contributed by atoms with Gasteiger partial charge in [0.25, 0.3) is 0 Å². The number of carbonyl (C=O) groups is 6. The minimum atomic E-state index is -1.33. The van der Waals surface area contributed by atoms with Crippen molar-refractivity contribution in [1.82, 2.24) is 15.5 Å². The van der Waals surface area contributed by atoms with Gasteiger partial charge in [0, 0.05) is 25.9 Å². The van der Waals surface area contributed by atoms with Crippen LogP contribution < -0.4 is 10.6 Å². The molecule has 0 radical (unpaired) electrons. The lowest BCUT2D eigenvalue weighted by molar-refractivity contribution is -0.166. The highest BCUT2D eigenvalue weighted by molar-refractivity contribution is 5.88. The number of hydrogen-bond acceptors (Lipinski definition) is 6. The first-order valence-corrected chi connectivity index (χ1v) is 26.8. The molecule has 0 bridgehead atoms. The molecule has 3 amide bonds. The summed E-state index contributed by atoms with van der Waals surface area (Å²) in [7, 11) is 0. The van der Waals surface area contributed by atoms with E-state index < -0.39 is 41.6 Å². The van der Waals surface area contributed by atoms with Crippen LogP contribution in [0, 0.1) is 23.7 Å². The molecule has 0 saturated heterocycles. The molecule has 1 rings (SSSR count). The molecule has 0 aromatic rings. The van der Waals surface area contributed by atoms with Crippen molar-refractivity contribution in [2.45, 2.75) is 245 Å². The van der Waals surface area contributed by atoms with Crippen LogP contribution in [0.2, 0.25) is 0 Å².